The van der Waals surface area contributed by atoms with Gasteiger partial charge in [0.15, 0.2) is 0 Å². The number of benzene rings is 2. The first kappa shape index (κ1) is 19.1. The van der Waals surface area contributed by atoms with Gasteiger partial charge in [0.2, 0.25) is 10.0 Å². The Balaban J connectivity index is 2.24. The fourth-order valence-corrected chi connectivity index (χ4v) is 3.71. The van der Waals surface area contributed by atoms with Gasteiger partial charge in [-0.05, 0) is 56.7 Å². The van der Waals surface area contributed by atoms with Crippen LogP contribution in [0.2, 0.25) is 0 Å². The second-order valence-corrected chi connectivity index (χ2v) is 8.42. The number of carbonyl (C=O) groups excluding carboxylic acids is 1. The Labute approximate surface area is 148 Å². The molecule has 2 aromatic rings. The first-order valence-corrected chi connectivity index (χ1v) is 9.33. The Morgan fingerprint density at radius 2 is 1.76 bits per heavy atom. The summed E-state index contributed by atoms with van der Waals surface area (Å²) in [6, 6.07) is 13.1. The third-order valence-corrected chi connectivity index (χ3v) is 5.02. The van der Waals surface area contributed by atoms with Gasteiger partial charge in [0.05, 0.1) is 4.90 Å². The zero-order valence-corrected chi connectivity index (χ0v) is 15.4. The topological polar surface area (TPSA) is 101 Å². The first-order chi connectivity index (χ1) is 11.6. The van der Waals surface area contributed by atoms with Crippen LogP contribution in [0.1, 0.15) is 36.7 Å². The highest BCUT2D eigenvalue weighted by molar-refractivity contribution is 7.89. The van der Waals surface area contributed by atoms with E-state index in [9.17, 15) is 13.2 Å². The number of amides is 1. The summed E-state index contributed by atoms with van der Waals surface area (Å²) >= 11 is 0. The molecule has 6 nitrogen and oxygen atoms in total. The number of nitrogens with two attached hydrogens (primary N) is 1. The third kappa shape index (κ3) is 5.38. The number of rotatable bonds is 5. The fourth-order valence-electron chi connectivity index (χ4n) is 2.25. The van der Waals surface area contributed by atoms with Gasteiger partial charge in [0.1, 0.15) is 0 Å². The van der Waals surface area contributed by atoms with Gasteiger partial charge in [-0.1, -0.05) is 18.2 Å². The van der Waals surface area contributed by atoms with Crippen molar-refractivity contribution in [1.29, 1.82) is 0 Å². The van der Waals surface area contributed by atoms with Crippen LogP contribution < -0.4 is 15.8 Å². The van der Waals surface area contributed by atoms with Crippen molar-refractivity contribution >= 4 is 21.6 Å². The van der Waals surface area contributed by atoms with Gasteiger partial charge < -0.3 is 11.1 Å². The van der Waals surface area contributed by atoms with Crippen LogP contribution in [0.25, 0.3) is 0 Å². The molecule has 0 saturated carbocycles. The Kier molecular flexibility index (Phi) is 5.62. The summed E-state index contributed by atoms with van der Waals surface area (Å²) < 4.78 is 27.4. The summed E-state index contributed by atoms with van der Waals surface area (Å²) in [7, 11) is -3.70. The van der Waals surface area contributed by atoms with Crippen molar-refractivity contribution in [2.45, 2.75) is 37.8 Å². The van der Waals surface area contributed by atoms with E-state index in [1.165, 1.54) is 12.1 Å². The van der Waals surface area contributed by atoms with Gasteiger partial charge in [-0.15, -0.1) is 0 Å². The molecule has 0 aliphatic heterocycles. The van der Waals surface area contributed by atoms with E-state index in [0.717, 1.165) is 5.56 Å². The molecule has 0 fully saturated rings. The maximum Gasteiger partial charge on any atom is 0.255 e. The van der Waals surface area contributed by atoms with Gasteiger partial charge in [-0.3, -0.25) is 4.79 Å². The number of hydrogen-bond acceptors (Lipinski definition) is 4. The molecule has 0 aliphatic rings. The Bertz CT molecular complexity index is 871. The molecule has 0 aromatic heterocycles. The lowest BCUT2D eigenvalue weighted by Crippen LogP contribution is -2.40. The number of nitrogens with one attached hydrogen (secondary N) is 2. The second-order valence-electron chi connectivity index (χ2n) is 6.74. The highest BCUT2D eigenvalue weighted by Gasteiger charge is 2.22. The molecule has 0 saturated heterocycles. The van der Waals surface area contributed by atoms with Crippen LogP contribution in [0.5, 0.6) is 0 Å². The summed E-state index contributed by atoms with van der Waals surface area (Å²) in [5.74, 6) is -0.387. The zero-order valence-electron chi connectivity index (χ0n) is 14.5. The lowest BCUT2D eigenvalue weighted by Gasteiger charge is -2.20. The molecule has 0 heterocycles. The molecular weight excluding hydrogens is 338 g/mol. The van der Waals surface area contributed by atoms with E-state index in [4.69, 9.17) is 5.73 Å². The number of anilines is 1. The molecule has 1 amide bonds. The van der Waals surface area contributed by atoms with E-state index < -0.39 is 15.6 Å². The minimum absolute atomic E-state index is 0.0470. The average molecular weight is 361 g/mol. The molecule has 0 atom stereocenters. The molecule has 2 aromatic carbocycles. The van der Waals surface area contributed by atoms with Gasteiger partial charge in [-0.25, -0.2) is 13.1 Å². The van der Waals surface area contributed by atoms with Crippen LogP contribution in [0.15, 0.2) is 53.4 Å². The number of carbonyl (C=O) groups is 1. The smallest absolute Gasteiger partial charge is 0.255 e. The molecule has 0 spiro atoms. The summed E-state index contributed by atoms with van der Waals surface area (Å²) in [4.78, 5) is 12.5. The molecular formula is C18H23N3O3S. The standard InChI is InChI=1S/C18H23N3O3S/c1-18(2,3)21-25(23,24)16-9-5-7-14(11-16)17(22)20-15-8-4-6-13(10-15)12-19/h4-11,21H,12,19H2,1-3H3,(H,20,22). The van der Waals surface area contributed by atoms with Crippen LogP contribution in [0.3, 0.4) is 0 Å². The quantitative estimate of drug-likeness (QED) is 0.761. The van der Waals surface area contributed by atoms with E-state index >= 15 is 0 Å². The van der Waals surface area contributed by atoms with E-state index in [0.29, 0.717) is 12.2 Å². The second kappa shape index (κ2) is 7.35. The summed E-state index contributed by atoms with van der Waals surface area (Å²) in [5, 5.41) is 2.75. The SMILES string of the molecule is CC(C)(C)NS(=O)(=O)c1cccc(C(=O)Nc2cccc(CN)c2)c1. The van der Waals surface area contributed by atoms with Crippen LogP contribution in [-0.2, 0) is 16.6 Å². The molecule has 0 aliphatic carbocycles. The molecule has 2 rings (SSSR count). The lowest BCUT2D eigenvalue weighted by molar-refractivity contribution is 0.102. The van der Waals surface area contributed by atoms with E-state index in [1.807, 2.05) is 6.07 Å². The monoisotopic (exact) mass is 361 g/mol. The molecule has 0 radical (unpaired) electrons. The Hall–Kier alpha value is -2.22. The Morgan fingerprint density at radius 3 is 2.40 bits per heavy atom. The van der Waals surface area contributed by atoms with Gasteiger partial charge >= 0.3 is 0 Å². The summed E-state index contributed by atoms with van der Waals surface area (Å²) in [5.41, 5.74) is 6.74. The van der Waals surface area contributed by atoms with Crippen molar-refractivity contribution < 1.29 is 13.2 Å². The van der Waals surface area contributed by atoms with Crippen molar-refractivity contribution in [2.24, 2.45) is 5.73 Å². The van der Waals surface area contributed by atoms with Crippen molar-refractivity contribution in [3.05, 3.63) is 59.7 Å². The zero-order chi connectivity index (χ0) is 18.7. The predicted octanol–water partition coefficient (Wildman–Crippen LogP) is 2.47. The predicted molar refractivity (Wildman–Crippen MR) is 98.8 cm³/mol. The van der Waals surface area contributed by atoms with Gasteiger partial charge in [0, 0.05) is 23.3 Å². The van der Waals surface area contributed by atoms with Crippen LogP contribution in [0, 0.1) is 0 Å². The van der Waals surface area contributed by atoms with Crippen molar-refractivity contribution in [3.63, 3.8) is 0 Å². The largest absolute Gasteiger partial charge is 0.326 e. The third-order valence-electron chi connectivity index (χ3n) is 3.27. The fraction of sp³-hybridized carbons (Fsp3) is 0.278. The maximum atomic E-state index is 12.4. The molecule has 0 unspecified atom stereocenters. The molecule has 0 bridgehead atoms. The van der Waals surface area contributed by atoms with Gasteiger partial charge in [0.25, 0.3) is 5.91 Å². The van der Waals surface area contributed by atoms with Crippen LogP contribution in [0.4, 0.5) is 5.69 Å². The Morgan fingerprint density at radius 1 is 1.08 bits per heavy atom. The lowest BCUT2D eigenvalue weighted by atomic mass is 10.1. The molecule has 134 valence electrons. The number of sulfonamides is 1. The van der Waals surface area contributed by atoms with Crippen molar-refractivity contribution in [3.8, 4) is 0 Å². The minimum atomic E-state index is -3.70. The maximum absolute atomic E-state index is 12.4. The van der Waals surface area contributed by atoms with Crippen molar-refractivity contribution in [1.82, 2.24) is 4.72 Å². The van der Waals surface area contributed by atoms with E-state index in [-0.39, 0.29) is 16.4 Å². The molecule has 4 N–H and O–H groups in total. The summed E-state index contributed by atoms with van der Waals surface area (Å²) in [6.45, 7) is 5.64. The van der Waals surface area contributed by atoms with Crippen LogP contribution in [-0.4, -0.2) is 19.9 Å². The summed E-state index contributed by atoms with van der Waals surface area (Å²) in [6.07, 6.45) is 0. The van der Waals surface area contributed by atoms with E-state index in [2.05, 4.69) is 10.0 Å². The number of hydrogen-bond donors (Lipinski definition) is 3. The molecule has 25 heavy (non-hydrogen) atoms. The average Bonchev–Trinajstić information content (AvgIpc) is 2.53. The normalized spacial score (nSPS) is 12.0. The van der Waals surface area contributed by atoms with Crippen LogP contribution >= 0.6 is 0 Å². The highest BCUT2D eigenvalue weighted by Crippen LogP contribution is 2.17. The molecule has 7 heteroatoms. The van der Waals surface area contributed by atoms with Crippen molar-refractivity contribution in [2.75, 3.05) is 5.32 Å². The van der Waals surface area contributed by atoms with E-state index in [1.54, 1.807) is 51.1 Å². The highest BCUT2D eigenvalue weighted by atomic mass is 32.2. The minimum Gasteiger partial charge on any atom is -0.326 e. The van der Waals surface area contributed by atoms with Gasteiger partial charge in [-0.2, -0.15) is 0 Å². The first-order valence-electron chi connectivity index (χ1n) is 7.85.